The van der Waals surface area contributed by atoms with Crippen molar-refractivity contribution in [2.24, 2.45) is 5.73 Å². The Morgan fingerprint density at radius 1 is 1.73 bits per heavy atom. The highest BCUT2D eigenvalue weighted by molar-refractivity contribution is 9.10. The Bertz CT molecular complexity index is 348. The molecule has 1 aromatic rings. The topological polar surface area (TPSA) is 60.0 Å². The molecular weight excluding hydrogens is 258 g/mol. The minimum Gasteiger partial charge on any atom is -0.347 e. The lowest BCUT2D eigenvalue weighted by molar-refractivity contribution is 0.0932. The Morgan fingerprint density at radius 3 is 2.93 bits per heavy atom. The van der Waals surface area contributed by atoms with E-state index < -0.39 is 0 Å². The van der Waals surface area contributed by atoms with Gasteiger partial charge in [0.2, 0.25) is 0 Å². The van der Waals surface area contributed by atoms with Crippen LogP contribution in [0.2, 0.25) is 0 Å². The van der Waals surface area contributed by atoms with Crippen LogP contribution in [0.4, 0.5) is 0 Å². The van der Waals surface area contributed by atoms with Gasteiger partial charge in [-0.05, 0) is 35.8 Å². The highest BCUT2D eigenvalue weighted by Gasteiger charge is 2.13. The van der Waals surface area contributed by atoms with Crippen molar-refractivity contribution in [2.75, 3.05) is 6.54 Å². The van der Waals surface area contributed by atoms with Gasteiger partial charge in [0.15, 0.2) is 0 Å². The molecule has 84 valence electrons. The number of nitrogens with one attached hydrogen (secondary N) is 1. The van der Waals surface area contributed by atoms with Crippen LogP contribution in [0, 0.1) is 0 Å². The maximum atomic E-state index is 11.8. The molecule has 1 aromatic heterocycles. The molecule has 4 nitrogen and oxygen atoms in total. The number of carbonyl (C=O) groups excluding carboxylic acids is 1. The van der Waals surface area contributed by atoms with Gasteiger partial charge in [0, 0.05) is 29.8 Å². The first-order valence-corrected chi connectivity index (χ1v) is 5.74. The van der Waals surface area contributed by atoms with Crippen molar-refractivity contribution in [3.05, 3.63) is 22.4 Å². The van der Waals surface area contributed by atoms with E-state index in [0.717, 1.165) is 11.0 Å². The van der Waals surface area contributed by atoms with Crippen LogP contribution in [0.1, 0.15) is 24.3 Å². The smallest absolute Gasteiger partial charge is 0.268 e. The second-order valence-corrected chi connectivity index (χ2v) is 4.36. The lowest BCUT2D eigenvalue weighted by atomic mass is 10.3. The van der Waals surface area contributed by atoms with E-state index in [-0.39, 0.29) is 11.9 Å². The molecule has 0 bridgehead atoms. The number of hydrogen-bond acceptors (Lipinski definition) is 2. The molecule has 0 spiro atoms. The number of halogens is 1. The summed E-state index contributed by atoms with van der Waals surface area (Å²) in [5, 5.41) is 2.83. The molecule has 0 aliphatic heterocycles. The van der Waals surface area contributed by atoms with E-state index in [1.807, 2.05) is 30.7 Å². The molecule has 3 N–H and O–H groups in total. The molecule has 1 atom stereocenters. The summed E-state index contributed by atoms with van der Waals surface area (Å²) in [6.07, 6.45) is 1.89. The van der Waals surface area contributed by atoms with Crippen LogP contribution in [0.25, 0.3) is 0 Å². The van der Waals surface area contributed by atoms with E-state index in [1.54, 1.807) is 0 Å². The van der Waals surface area contributed by atoms with E-state index in [9.17, 15) is 4.79 Å². The summed E-state index contributed by atoms with van der Waals surface area (Å²) in [5.41, 5.74) is 6.10. The predicted molar refractivity (Wildman–Crippen MR) is 63.8 cm³/mol. The van der Waals surface area contributed by atoms with Crippen LogP contribution in [0.15, 0.2) is 16.7 Å². The summed E-state index contributed by atoms with van der Waals surface area (Å²) < 4.78 is 2.80. The zero-order valence-corrected chi connectivity index (χ0v) is 10.5. The number of rotatable bonds is 4. The molecule has 0 aliphatic carbocycles. The van der Waals surface area contributed by atoms with Gasteiger partial charge in [-0.25, -0.2) is 0 Å². The van der Waals surface area contributed by atoms with Crippen molar-refractivity contribution in [3.63, 3.8) is 0 Å². The highest BCUT2D eigenvalue weighted by Crippen LogP contribution is 2.14. The monoisotopic (exact) mass is 273 g/mol. The molecule has 15 heavy (non-hydrogen) atoms. The molecule has 0 fully saturated rings. The standard InChI is InChI=1S/C10H16BrN3O/c1-3-14-6-8(11)4-9(14)10(15)13-7(2)5-12/h4,6-7H,3,5,12H2,1-2H3,(H,13,15)/t7-/m1/s1. The average Bonchev–Trinajstić information content (AvgIpc) is 2.59. The summed E-state index contributed by atoms with van der Waals surface area (Å²) in [4.78, 5) is 11.8. The fourth-order valence-electron chi connectivity index (χ4n) is 1.28. The quantitative estimate of drug-likeness (QED) is 0.870. The van der Waals surface area contributed by atoms with Crippen molar-refractivity contribution < 1.29 is 4.79 Å². The van der Waals surface area contributed by atoms with Gasteiger partial charge in [0.25, 0.3) is 5.91 Å². The molecule has 0 unspecified atom stereocenters. The molecule has 0 saturated heterocycles. The van der Waals surface area contributed by atoms with Gasteiger partial charge < -0.3 is 15.6 Å². The van der Waals surface area contributed by atoms with Crippen molar-refractivity contribution in [1.82, 2.24) is 9.88 Å². The lowest BCUT2D eigenvalue weighted by Crippen LogP contribution is -2.38. The van der Waals surface area contributed by atoms with Gasteiger partial charge in [0.1, 0.15) is 5.69 Å². The summed E-state index contributed by atoms with van der Waals surface area (Å²) >= 11 is 3.35. The minimum atomic E-state index is -0.0829. The maximum absolute atomic E-state index is 11.8. The predicted octanol–water partition coefficient (Wildman–Crippen LogP) is 1.35. The number of carbonyl (C=O) groups is 1. The largest absolute Gasteiger partial charge is 0.347 e. The second-order valence-electron chi connectivity index (χ2n) is 3.44. The van der Waals surface area contributed by atoms with E-state index in [0.29, 0.717) is 12.2 Å². The first-order chi connectivity index (χ1) is 7.08. The summed E-state index contributed by atoms with van der Waals surface area (Å²) in [7, 11) is 0. The lowest BCUT2D eigenvalue weighted by Gasteiger charge is -2.12. The molecule has 1 heterocycles. The molecule has 0 radical (unpaired) electrons. The van der Waals surface area contributed by atoms with E-state index in [2.05, 4.69) is 21.2 Å². The molecule has 0 saturated carbocycles. The van der Waals surface area contributed by atoms with Crippen molar-refractivity contribution in [2.45, 2.75) is 26.4 Å². The number of amides is 1. The molecule has 1 amide bonds. The average molecular weight is 274 g/mol. The Hall–Kier alpha value is -0.810. The van der Waals surface area contributed by atoms with E-state index in [4.69, 9.17) is 5.73 Å². The van der Waals surface area contributed by atoms with Gasteiger partial charge in [-0.2, -0.15) is 0 Å². The van der Waals surface area contributed by atoms with Crippen LogP contribution in [0.5, 0.6) is 0 Å². The van der Waals surface area contributed by atoms with Crippen molar-refractivity contribution in [3.8, 4) is 0 Å². The van der Waals surface area contributed by atoms with Gasteiger partial charge in [-0.15, -0.1) is 0 Å². The van der Waals surface area contributed by atoms with Crippen LogP contribution >= 0.6 is 15.9 Å². The van der Waals surface area contributed by atoms with Crippen LogP contribution in [-0.2, 0) is 6.54 Å². The van der Waals surface area contributed by atoms with Gasteiger partial charge in [0.05, 0.1) is 0 Å². The summed E-state index contributed by atoms with van der Waals surface area (Å²) in [6.45, 7) is 5.09. The number of aryl methyl sites for hydroxylation is 1. The third-order valence-electron chi connectivity index (χ3n) is 2.17. The van der Waals surface area contributed by atoms with Crippen LogP contribution < -0.4 is 11.1 Å². The van der Waals surface area contributed by atoms with Crippen molar-refractivity contribution in [1.29, 1.82) is 0 Å². The zero-order chi connectivity index (χ0) is 11.4. The van der Waals surface area contributed by atoms with Crippen LogP contribution in [0.3, 0.4) is 0 Å². The number of hydrogen-bond donors (Lipinski definition) is 2. The summed E-state index contributed by atoms with van der Waals surface area (Å²) in [5.74, 6) is -0.0829. The van der Waals surface area contributed by atoms with Gasteiger partial charge in [-0.3, -0.25) is 4.79 Å². The van der Waals surface area contributed by atoms with Crippen LogP contribution in [-0.4, -0.2) is 23.1 Å². The normalized spacial score (nSPS) is 12.5. The first-order valence-electron chi connectivity index (χ1n) is 4.95. The Labute approximate surface area is 98.0 Å². The molecular formula is C10H16BrN3O. The Balaban J connectivity index is 2.81. The number of nitrogens with zero attached hydrogens (tertiary/aromatic N) is 1. The van der Waals surface area contributed by atoms with Gasteiger partial charge >= 0.3 is 0 Å². The van der Waals surface area contributed by atoms with Crippen molar-refractivity contribution >= 4 is 21.8 Å². The Kier molecular flexibility index (Phi) is 4.35. The molecule has 5 heteroatoms. The number of nitrogens with two attached hydrogens (primary N) is 1. The molecule has 0 aromatic carbocycles. The molecule has 1 rings (SSSR count). The maximum Gasteiger partial charge on any atom is 0.268 e. The first kappa shape index (κ1) is 12.3. The summed E-state index contributed by atoms with van der Waals surface area (Å²) in [6, 6.07) is 1.80. The Morgan fingerprint density at radius 2 is 2.40 bits per heavy atom. The molecule has 0 aliphatic rings. The second kappa shape index (κ2) is 5.32. The fourth-order valence-corrected chi connectivity index (χ4v) is 1.75. The SMILES string of the molecule is CCn1cc(Br)cc1C(=O)N[C@H](C)CN. The highest BCUT2D eigenvalue weighted by atomic mass is 79.9. The fraction of sp³-hybridized carbons (Fsp3) is 0.500. The number of aromatic nitrogens is 1. The van der Waals surface area contributed by atoms with Gasteiger partial charge in [-0.1, -0.05) is 0 Å². The third kappa shape index (κ3) is 3.07. The van der Waals surface area contributed by atoms with E-state index in [1.165, 1.54) is 0 Å². The minimum absolute atomic E-state index is 0.00326. The van der Waals surface area contributed by atoms with E-state index >= 15 is 0 Å². The third-order valence-corrected chi connectivity index (χ3v) is 2.60. The zero-order valence-electron chi connectivity index (χ0n) is 8.96.